The first-order valence-electron chi connectivity index (χ1n) is 12.0. The molecule has 5 heterocycles. The number of aromatic nitrogens is 5. The Morgan fingerprint density at radius 1 is 1.00 bits per heavy atom. The Bertz CT molecular complexity index is 1240. The predicted molar refractivity (Wildman–Crippen MR) is 132 cm³/mol. The lowest BCUT2D eigenvalue weighted by Gasteiger charge is -2.25. The Labute approximate surface area is 197 Å². The van der Waals surface area contributed by atoms with Gasteiger partial charge in [-0.25, -0.2) is 19.9 Å². The maximum Gasteiger partial charge on any atom is 0.146 e. The molecule has 1 aliphatic carbocycles. The Morgan fingerprint density at radius 3 is 2.79 bits per heavy atom. The lowest BCUT2D eigenvalue weighted by atomic mass is 9.97. The van der Waals surface area contributed by atoms with Crippen molar-refractivity contribution in [1.29, 1.82) is 0 Å². The van der Waals surface area contributed by atoms with Gasteiger partial charge in [0.25, 0.3) is 0 Å². The number of likely N-dealkylation sites (tertiary alicyclic amines) is 1. The zero-order valence-electron chi connectivity index (χ0n) is 18.8. The summed E-state index contributed by atoms with van der Waals surface area (Å²) < 4.78 is 1.96. The van der Waals surface area contributed by atoms with E-state index in [4.69, 9.17) is 9.97 Å². The molecule has 0 spiro atoms. The molecule has 1 N–H and O–H groups in total. The molecule has 4 aromatic rings. The first-order valence-corrected chi connectivity index (χ1v) is 12.9. The van der Waals surface area contributed by atoms with Gasteiger partial charge in [-0.05, 0) is 63.2 Å². The maximum absolute atomic E-state index is 5.09. The van der Waals surface area contributed by atoms with Crippen LogP contribution in [0.25, 0.3) is 16.0 Å². The molecule has 0 unspecified atom stereocenters. The summed E-state index contributed by atoms with van der Waals surface area (Å²) in [5.74, 6) is 2.81. The van der Waals surface area contributed by atoms with Crippen LogP contribution in [-0.2, 0) is 25.9 Å². The minimum absolute atomic E-state index is 0.654. The van der Waals surface area contributed by atoms with Gasteiger partial charge in [0.05, 0.1) is 11.9 Å². The van der Waals surface area contributed by atoms with Crippen LogP contribution in [0.15, 0.2) is 37.1 Å². The number of aryl methyl sites for hydroxylation is 2. The molecule has 0 amide bonds. The second-order valence-corrected chi connectivity index (χ2v) is 10.1. The first-order chi connectivity index (χ1) is 16.3. The van der Waals surface area contributed by atoms with Gasteiger partial charge in [0, 0.05) is 35.6 Å². The van der Waals surface area contributed by atoms with Crippen molar-refractivity contribution in [3.05, 3.63) is 58.9 Å². The highest BCUT2D eigenvalue weighted by Gasteiger charge is 2.22. The van der Waals surface area contributed by atoms with Crippen molar-refractivity contribution in [3.63, 3.8) is 0 Å². The van der Waals surface area contributed by atoms with Crippen LogP contribution in [0.4, 0.5) is 5.82 Å². The smallest absolute Gasteiger partial charge is 0.146 e. The van der Waals surface area contributed by atoms with Crippen LogP contribution in [0.2, 0.25) is 0 Å². The SMILES string of the molecule is c1cnc(-n2ccnc2)c(CNc2nc(CN3CCCCC3)nc3sc4c(c23)CCCC4)c1. The molecule has 0 radical (unpaired) electrons. The van der Waals surface area contributed by atoms with Gasteiger partial charge in [-0.3, -0.25) is 9.47 Å². The summed E-state index contributed by atoms with van der Waals surface area (Å²) in [6, 6.07) is 4.10. The van der Waals surface area contributed by atoms with E-state index in [2.05, 4.69) is 26.3 Å². The van der Waals surface area contributed by atoms with E-state index in [1.165, 1.54) is 54.4 Å². The van der Waals surface area contributed by atoms with E-state index in [0.29, 0.717) is 6.54 Å². The number of hydrogen-bond donors (Lipinski definition) is 1. The Hall–Kier alpha value is -2.84. The molecule has 0 saturated carbocycles. The normalized spacial score (nSPS) is 16.7. The molecule has 170 valence electrons. The number of nitrogens with zero attached hydrogens (tertiary/aromatic N) is 6. The molecule has 2 aliphatic rings. The average molecular weight is 460 g/mol. The summed E-state index contributed by atoms with van der Waals surface area (Å²) >= 11 is 1.88. The van der Waals surface area contributed by atoms with Gasteiger partial charge in [0.2, 0.25) is 0 Å². The summed E-state index contributed by atoms with van der Waals surface area (Å²) in [4.78, 5) is 24.1. The second kappa shape index (κ2) is 9.19. The fourth-order valence-electron chi connectivity index (χ4n) is 5.08. The minimum Gasteiger partial charge on any atom is -0.365 e. The average Bonchev–Trinajstić information content (AvgIpc) is 3.51. The largest absolute Gasteiger partial charge is 0.365 e. The molecule has 7 nitrogen and oxygen atoms in total. The number of anilines is 1. The van der Waals surface area contributed by atoms with E-state index in [0.717, 1.165) is 53.9 Å². The van der Waals surface area contributed by atoms with Crippen LogP contribution in [0.3, 0.4) is 0 Å². The van der Waals surface area contributed by atoms with E-state index < -0.39 is 0 Å². The van der Waals surface area contributed by atoms with Crippen molar-refractivity contribution in [2.24, 2.45) is 0 Å². The Balaban J connectivity index is 1.35. The number of hydrogen-bond acceptors (Lipinski definition) is 7. The first kappa shape index (κ1) is 20.7. The van der Waals surface area contributed by atoms with E-state index in [1.54, 1.807) is 12.5 Å². The summed E-state index contributed by atoms with van der Waals surface area (Å²) in [6.45, 7) is 3.78. The van der Waals surface area contributed by atoms with Crippen LogP contribution in [0, 0.1) is 0 Å². The summed E-state index contributed by atoms with van der Waals surface area (Å²) in [5, 5.41) is 4.92. The van der Waals surface area contributed by atoms with E-state index in [9.17, 15) is 0 Å². The van der Waals surface area contributed by atoms with Gasteiger partial charge in [-0.2, -0.15) is 0 Å². The molecule has 33 heavy (non-hydrogen) atoms. The molecule has 0 aromatic carbocycles. The third kappa shape index (κ3) is 4.25. The summed E-state index contributed by atoms with van der Waals surface area (Å²) in [7, 11) is 0. The number of imidazole rings is 1. The lowest BCUT2D eigenvalue weighted by Crippen LogP contribution is -2.30. The van der Waals surface area contributed by atoms with Crippen LogP contribution >= 0.6 is 11.3 Å². The highest BCUT2D eigenvalue weighted by atomic mass is 32.1. The Morgan fingerprint density at radius 2 is 1.91 bits per heavy atom. The number of rotatable bonds is 6. The minimum atomic E-state index is 0.654. The molecule has 0 bridgehead atoms. The monoisotopic (exact) mass is 459 g/mol. The highest BCUT2D eigenvalue weighted by molar-refractivity contribution is 7.19. The summed E-state index contributed by atoms with van der Waals surface area (Å²) in [6.07, 6.45) is 16.1. The molecule has 6 rings (SSSR count). The lowest BCUT2D eigenvalue weighted by molar-refractivity contribution is 0.216. The topological polar surface area (TPSA) is 71.8 Å². The molecule has 1 saturated heterocycles. The van der Waals surface area contributed by atoms with E-state index in [-0.39, 0.29) is 0 Å². The molecule has 1 aliphatic heterocycles. The van der Waals surface area contributed by atoms with Gasteiger partial charge >= 0.3 is 0 Å². The number of nitrogens with one attached hydrogen (secondary N) is 1. The third-order valence-corrected chi connectivity index (χ3v) is 7.92. The van der Waals surface area contributed by atoms with Crippen molar-refractivity contribution in [3.8, 4) is 5.82 Å². The van der Waals surface area contributed by atoms with Crippen LogP contribution in [0.1, 0.15) is 53.9 Å². The third-order valence-electron chi connectivity index (χ3n) is 6.74. The number of fused-ring (bicyclic) bond motifs is 3. The quantitative estimate of drug-likeness (QED) is 0.449. The second-order valence-electron chi connectivity index (χ2n) is 9.03. The molecule has 0 atom stereocenters. The van der Waals surface area contributed by atoms with Gasteiger partial charge in [0.1, 0.15) is 28.6 Å². The van der Waals surface area contributed by atoms with Gasteiger partial charge in [0.15, 0.2) is 0 Å². The van der Waals surface area contributed by atoms with E-state index >= 15 is 0 Å². The predicted octanol–water partition coefficient (Wildman–Crippen LogP) is 4.75. The zero-order chi connectivity index (χ0) is 22.0. The zero-order valence-corrected chi connectivity index (χ0v) is 19.7. The van der Waals surface area contributed by atoms with Crippen molar-refractivity contribution in [1.82, 2.24) is 29.4 Å². The van der Waals surface area contributed by atoms with Gasteiger partial charge in [-0.1, -0.05) is 12.5 Å². The van der Waals surface area contributed by atoms with E-state index in [1.807, 2.05) is 34.4 Å². The maximum atomic E-state index is 5.09. The van der Waals surface area contributed by atoms with Crippen molar-refractivity contribution in [2.45, 2.75) is 58.0 Å². The van der Waals surface area contributed by atoms with Crippen LogP contribution < -0.4 is 5.32 Å². The Kier molecular flexibility index (Phi) is 5.78. The fraction of sp³-hybridized carbons (Fsp3) is 0.440. The van der Waals surface area contributed by atoms with Gasteiger partial charge < -0.3 is 5.32 Å². The standard InChI is InChI=1S/C25H29N7S/c1-4-12-31(13-5-1)16-21-29-23(22-19-8-2-3-9-20(19)33-25(22)30-21)28-15-18-7-6-10-27-24(18)32-14-11-26-17-32/h6-7,10-11,14,17H,1-5,8-9,12-13,15-16H2,(H,28,29,30). The highest BCUT2D eigenvalue weighted by Crippen LogP contribution is 2.39. The summed E-state index contributed by atoms with van der Waals surface area (Å²) in [5.41, 5.74) is 2.58. The van der Waals surface area contributed by atoms with Crippen molar-refractivity contribution < 1.29 is 0 Å². The molecule has 8 heteroatoms. The fourth-order valence-corrected chi connectivity index (χ4v) is 6.36. The molecular weight excluding hydrogens is 430 g/mol. The molecule has 1 fully saturated rings. The van der Waals surface area contributed by atoms with Crippen LogP contribution in [0.5, 0.6) is 0 Å². The molecule has 4 aromatic heterocycles. The number of piperidine rings is 1. The van der Waals surface area contributed by atoms with Gasteiger partial charge in [-0.15, -0.1) is 11.3 Å². The number of pyridine rings is 1. The van der Waals surface area contributed by atoms with Crippen molar-refractivity contribution in [2.75, 3.05) is 18.4 Å². The molecular formula is C25H29N7S. The number of thiophene rings is 1. The van der Waals surface area contributed by atoms with Crippen LogP contribution in [-0.4, -0.2) is 42.5 Å². The van der Waals surface area contributed by atoms with Crippen molar-refractivity contribution >= 4 is 27.4 Å².